The van der Waals surface area contributed by atoms with E-state index in [4.69, 9.17) is 9.84 Å². The second-order valence-electron chi connectivity index (χ2n) is 4.38. The van der Waals surface area contributed by atoms with Crippen molar-refractivity contribution in [1.82, 2.24) is 10.6 Å². The van der Waals surface area contributed by atoms with Crippen molar-refractivity contribution in [2.24, 2.45) is 0 Å². The Labute approximate surface area is 122 Å². The first-order chi connectivity index (χ1) is 9.91. The third-order valence-electron chi connectivity index (χ3n) is 2.61. The zero-order valence-corrected chi connectivity index (χ0v) is 11.9. The third kappa shape index (κ3) is 5.52. The number of carboxylic acids is 1. The molecule has 0 aliphatic rings. The summed E-state index contributed by atoms with van der Waals surface area (Å²) in [5.41, 5.74) is 0.655. The molecule has 114 valence electrons. The minimum Gasteiger partial charge on any atom is -0.483 e. The number of aromatic carboxylic acids is 1. The lowest BCUT2D eigenvalue weighted by Crippen LogP contribution is -2.36. The van der Waals surface area contributed by atoms with Gasteiger partial charge in [0.25, 0.3) is 5.91 Å². The number of carbonyl (C=O) groups excluding carboxylic acids is 2. The van der Waals surface area contributed by atoms with Crippen LogP contribution in [0.1, 0.15) is 22.8 Å². The van der Waals surface area contributed by atoms with Crippen LogP contribution >= 0.6 is 0 Å². The number of rotatable bonds is 7. The maximum Gasteiger partial charge on any atom is 0.339 e. The molecule has 1 aromatic carbocycles. The molecule has 21 heavy (non-hydrogen) atoms. The summed E-state index contributed by atoms with van der Waals surface area (Å²) in [5, 5.41) is 14.1. The van der Waals surface area contributed by atoms with E-state index in [0.29, 0.717) is 12.1 Å². The Balaban J connectivity index is 2.50. The lowest BCUT2D eigenvalue weighted by atomic mass is 10.1. The number of aryl methyl sites for hydroxylation is 1. The summed E-state index contributed by atoms with van der Waals surface area (Å²) >= 11 is 0. The average molecular weight is 294 g/mol. The molecule has 0 unspecified atom stereocenters. The Morgan fingerprint density at radius 3 is 2.48 bits per heavy atom. The summed E-state index contributed by atoms with van der Waals surface area (Å²) in [6.07, 6.45) is 0. The number of hydrogen-bond donors (Lipinski definition) is 3. The lowest BCUT2D eigenvalue weighted by molar-refractivity contribution is -0.123. The molecule has 0 spiro atoms. The van der Waals surface area contributed by atoms with Crippen LogP contribution in [0.2, 0.25) is 0 Å². The Bertz CT molecular complexity index is 542. The highest BCUT2D eigenvalue weighted by Crippen LogP contribution is 2.23. The van der Waals surface area contributed by atoms with Crippen molar-refractivity contribution in [3.05, 3.63) is 29.3 Å². The van der Waals surface area contributed by atoms with Gasteiger partial charge in [-0.1, -0.05) is 12.1 Å². The minimum absolute atomic E-state index is 0.0149. The molecule has 0 saturated heterocycles. The van der Waals surface area contributed by atoms with Crippen LogP contribution in [-0.4, -0.2) is 42.6 Å². The molecule has 1 aromatic rings. The fourth-order valence-electron chi connectivity index (χ4n) is 1.64. The number of benzene rings is 1. The quantitative estimate of drug-likeness (QED) is 0.628. The van der Waals surface area contributed by atoms with Crippen molar-refractivity contribution in [2.45, 2.75) is 13.8 Å². The second-order valence-corrected chi connectivity index (χ2v) is 4.38. The van der Waals surface area contributed by atoms with Gasteiger partial charge in [0.05, 0.1) is 0 Å². The largest absolute Gasteiger partial charge is 0.483 e. The summed E-state index contributed by atoms with van der Waals surface area (Å²) in [5.74, 6) is -1.49. The molecule has 7 heteroatoms. The van der Waals surface area contributed by atoms with E-state index in [9.17, 15) is 14.4 Å². The zero-order chi connectivity index (χ0) is 15.8. The van der Waals surface area contributed by atoms with Crippen LogP contribution in [0.25, 0.3) is 0 Å². The molecule has 0 heterocycles. The normalized spacial score (nSPS) is 9.81. The maximum absolute atomic E-state index is 11.6. The standard InChI is InChI=1S/C14H18N2O5/c1-9-4-3-5-11(14(19)20)13(9)21-8-12(18)16-7-6-15-10(2)17/h3-5H,6-8H2,1-2H3,(H,15,17)(H,16,18)(H,19,20). The van der Waals surface area contributed by atoms with Gasteiger partial charge in [-0.15, -0.1) is 0 Å². The topological polar surface area (TPSA) is 105 Å². The number of amides is 2. The highest BCUT2D eigenvalue weighted by molar-refractivity contribution is 5.91. The first-order valence-electron chi connectivity index (χ1n) is 6.38. The Kier molecular flexibility index (Phi) is 6.19. The molecule has 0 saturated carbocycles. The SMILES string of the molecule is CC(=O)NCCNC(=O)COc1c(C)cccc1C(=O)O. The molecule has 3 N–H and O–H groups in total. The van der Waals surface area contributed by atoms with E-state index in [1.807, 2.05) is 0 Å². The van der Waals surface area contributed by atoms with Crippen molar-refractivity contribution < 1.29 is 24.2 Å². The monoisotopic (exact) mass is 294 g/mol. The Hall–Kier alpha value is -2.57. The van der Waals surface area contributed by atoms with Gasteiger partial charge in [-0.2, -0.15) is 0 Å². The van der Waals surface area contributed by atoms with E-state index in [1.165, 1.54) is 13.0 Å². The summed E-state index contributed by atoms with van der Waals surface area (Å²) in [4.78, 5) is 33.3. The number of carbonyl (C=O) groups is 3. The fourth-order valence-corrected chi connectivity index (χ4v) is 1.64. The summed E-state index contributed by atoms with van der Waals surface area (Å²) < 4.78 is 5.29. The number of para-hydroxylation sites is 1. The lowest BCUT2D eigenvalue weighted by Gasteiger charge is -2.12. The minimum atomic E-state index is -1.11. The predicted molar refractivity (Wildman–Crippen MR) is 75.3 cm³/mol. The molecular weight excluding hydrogens is 276 g/mol. The van der Waals surface area contributed by atoms with Crippen LogP contribution in [0.4, 0.5) is 0 Å². The molecule has 1 rings (SSSR count). The molecule has 0 radical (unpaired) electrons. The van der Waals surface area contributed by atoms with E-state index < -0.39 is 5.97 Å². The predicted octanol–water partition coefficient (Wildman–Crippen LogP) is 0.324. The number of hydrogen-bond acceptors (Lipinski definition) is 4. The van der Waals surface area contributed by atoms with Gasteiger partial charge in [-0.25, -0.2) is 4.79 Å². The van der Waals surface area contributed by atoms with Crippen molar-refractivity contribution in [3.63, 3.8) is 0 Å². The van der Waals surface area contributed by atoms with Crippen LogP contribution in [-0.2, 0) is 9.59 Å². The Morgan fingerprint density at radius 1 is 1.19 bits per heavy atom. The number of ether oxygens (including phenoxy) is 1. The molecule has 0 bridgehead atoms. The van der Waals surface area contributed by atoms with Crippen molar-refractivity contribution >= 4 is 17.8 Å². The molecular formula is C14H18N2O5. The molecule has 7 nitrogen and oxygen atoms in total. The average Bonchev–Trinajstić information content (AvgIpc) is 2.41. The molecule has 2 amide bonds. The van der Waals surface area contributed by atoms with Gasteiger partial charge in [-0.3, -0.25) is 9.59 Å². The highest BCUT2D eigenvalue weighted by atomic mass is 16.5. The maximum atomic E-state index is 11.6. The van der Waals surface area contributed by atoms with E-state index in [-0.39, 0.29) is 36.3 Å². The second kappa shape index (κ2) is 7.88. The third-order valence-corrected chi connectivity index (χ3v) is 2.61. The van der Waals surface area contributed by atoms with Gasteiger partial charge in [0.1, 0.15) is 11.3 Å². The molecule has 0 aliphatic carbocycles. The number of nitrogens with one attached hydrogen (secondary N) is 2. The van der Waals surface area contributed by atoms with Crippen LogP contribution in [0.3, 0.4) is 0 Å². The van der Waals surface area contributed by atoms with Gasteiger partial charge in [-0.05, 0) is 18.6 Å². The first-order valence-corrected chi connectivity index (χ1v) is 6.38. The van der Waals surface area contributed by atoms with E-state index >= 15 is 0 Å². The fraction of sp³-hybridized carbons (Fsp3) is 0.357. The van der Waals surface area contributed by atoms with Crippen LogP contribution in [0.15, 0.2) is 18.2 Å². The summed E-state index contributed by atoms with van der Waals surface area (Å²) in [6, 6.07) is 4.73. The summed E-state index contributed by atoms with van der Waals surface area (Å²) in [6.45, 7) is 3.41. The first kappa shape index (κ1) is 16.5. The van der Waals surface area contributed by atoms with Crippen molar-refractivity contribution in [1.29, 1.82) is 0 Å². The van der Waals surface area contributed by atoms with E-state index in [2.05, 4.69) is 10.6 Å². The smallest absolute Gasteiger partial charge is 0.339 e. The molecule has 0 aliphatic heterocycles. The van der Waals surface area contributed by atoms with Crippen molar-refractivity contribution in [3.8, 4) is 5.75 Å². The summed E-state index contributed by atoms with van der Waals surface area (Å²) in [7, 11) is 0. The van der Waals surface area contributed by atoms with Gasteiger partial charge in [0, 0.05) is 20.0 Å². The zero-order valence-electron chi connectivity index (χ0n) is 11.9. The highest BCUT2D eigenvalue weighted by Gasteiger charge is 2.14. The van der Waals surface area contributed by atoms with Crippen LogP contribution in [0.5, 0.6) is 5.75 Å². The van der Waals surface area contributed by atoms with Gasteiger partial charge in [0.2, 0.25) is 5.91 Å². The van der Waals surface area contributed by atoms with Gasteiger partial charge < -0.3 is 20.5 Å². The van der Waals surface area contributed by atoms with Crippen LogP contribution < -0.4 is 15.4 Å². The van der Waals surface area contributed by atoms with Crippen LogP contribution in [0, 0.1) is 6.92 Å². The number of carboxylic acid groups (broad SMARTS) is 1. The molecule has 0 fully saturated rings. The van der Waals surface area contributed by atoms with E-state index in [0.717, 1.165) is 0 Å². The molecule has 0 atom stereocenters. The van der Waals surface area contributed by atoms with Crippen molar-refractivity contribution in [2.75, 3.05) is 19.7 Å². The van der Waals surface area contributed by atoms with Gasteiger partial charge >= 0.3 is 5.97 Å². The Morgan fingerprint density at radius 2 is 1.86 bits per heavy atom. The molecule has 0 aromatic heterocycles. The van der Waals surface area contributed by atoms with E-state index in [1.54, 1.807) is 19.1 Å². The van der Waals surface area contributed by atoms with Gasteiger partial charge in [0.15, 0.2) is 6.61 Å².